The van der Waals surface area contributed by atoms with Crippen LogP contribution in [-0.2, 0) is 7.05 Å². The highest BCUT2D eigenvalue weighted by molar-refractivity contribution is 5.35. The Bertz CT molecular complexity index is 415. The van der Waals surface area contributed by atoms with Crippen LogP contribution in [0.1, 0.15) is 56.0 Å². The van der Waals surface area contributed by atoms with Crippen molar-refractivity contribution in [3.05, 3.63) is 17.0 Å². The molecule has 0 spiro atoms. The number of hydrogen-bond acceptors (Lipinski definition) is 2. The van der Waals surface area contributed by atoms with E-state index >= 15 is 0 Å². The Morgan fingerprint density at radius 1 is 1.35 bits per heavy atom. The van der Waals surface area contributed by atoms with Gasteiger partial charge in [0.05, 0.1) is 5.69 Å². The summed E-state index contributed by atoms with van der Waals surface area (Å²) in [5, 5.41) is 4.55. The summed E-state index contributed by atoms with van der Waals surface area (Å²) in [6, 6.07) is 0.363. The van der Waals surface area contributed by atoms with Gasteiger partial charge in [0.1, 0.15) is 0 Å². The highest BCUT2D eigenvalue weighted by Crippen LogP contribution is 2.57. The number of nitrogens with zero attached hydrogens (tertiary/aromatic N) is 2. The van der Waals surface area contributed by atoms with Gasteiger partial charge in [0, 0.05) is 18.8 Å². The number of hydrogen-bond donors (Lipinski definition) is 1. The Morgan fingerprint density at radius 2 is 1.94 bits per heavy atom. The fourth-order valence-corrected chi connectivity index (χ4v) is 3.79. The van der Waals surface area contributed by atoms with Crippen LogP contribution in [0, 0.1) is 19.3 Å². The molecule has 1 fully saturated rings. The van der Waals surface area contributed by atoms with E-state index in [1.165, 1.54) is 29.8 Å². The topological polar surface area (TPSA) is 43.8 Å². The molecule has 1 aliphatic rings. The normalized spacial score (nSPS) is 26.9. The quantitative estimate of drug-likeness (QED) is 0.875. The second kappa shape index (κ2) is 4.13. The standard InChI is InChI=1S/C14H25N3/c1-6-14(7-2)11(8-12(14)15)13-9(3)16-17(5)10(13)4/h11-12H,6-8,15H2,1-5H3. The van der Waals surface area contributed by atoms with Crippen molar-refractivity contribution in [1.29, 1.82) is 0 Å². The van der Waals surface area contributed by atoms with Crippen LogP contribution < -0.4 is 5.73 Å². The van der Waals surface area contributed by atoms with Gasteiger partial charge in [-0.15, -0.1) is 0 Å². The average Bonchev–Trinajstić information content (AvgIpc) is 2.52. The molecule has 1 aliphatic carbocycles. The molecule has 17 heavy (non-hydrogen) atoms. The van der Waals surface area contributed by atoms with E-state index in [9.17, 15) is 0 Å². The van der Waals surface area contributed by atoms with Gasteiger partial charge >= 0.3 is 0 Å². The number of aryl methyl sites for hydroxylation is 2. The Balaban J connectivity index is 2.42. The second-order valence-corrected chi connectivity index (χ2v) is 5.54. The van der Waals surface area contributed by atoms with Gasteiger partial charge in [-0.3, -0.25) is 4.68 Å². The van der Waals surface area contributed by atoms with Crippen molar-refractivity contribution >= 4 is 0 Å². The molecule has 0 amide bonds. The smallest absolute Gasteiger partial charge is 0.0631 e. The Labute approximate surface area is 104 Å². The molecule has 0 saturated heterocycles. The summed E-state index contributed by atoms with van der Waals surface area (Å²) in [7, 11) is 2.03. The first kappa shape index (κ1) is 12.6. The minimum Gasteiger partial charge on any atom is -0.327 e. The summed E-state index contributed by atoms with van der Waals surface area (Å²) >= 11 is 0. The average molecular weight is 235 g/mol. The molecule has 0 aromatic carbocycles. The lowest BCUT2D eigenvalue weighted by Crippen LogP contribution is -2.56. The van der Waals surface area contributed by atoms with E-state index < -0.39 is 0 Å². The molecule has 2 N–H and O–H groups in total. The predicted octanol–water partition coefficient (Wildman–Crippen LogP) is 2.66. The Kier molecular flexibility index (Phi) is 3.06. The maximum atomic E-state index is 6.29. The summed E-state index contributed by atoms with van der Waals surface area (Å²) in [4.78, 5) is 0. The van der Waals surface area contributed by atoms with Crippen molar-refractivity contribution < 1.29 is 0 Å². The van der Waals surface area contributed by atoms with E-state index in [-0.39, 0.29) is 0 Å². The highest BCUT2D eigenvalue weighted by Gasteiger charge is 2.52. The van der Waals surface area contributed by atoms with Crippen LogP contribution in [0.25, 0.3) is 0 Å². The molecule has 0 radical (unpaired) electrons. The molecular weight excluding hydrogens is 210 g/mol. The van der Waals surface area contributed by atoms with Crippen molar-refractivity contribution in [1.82, 2.24) is 9.78 Å². The third kappa shape index (κ3) is 1.55. The van der Waals surface area contributed by atoms with E-state index in [1.807, 2.05) is 11.7 Å². The predicted molar refractivity (Wildman–Crippen MR) is 71.0 cm³/mol. The van der Waals surface area contributed by atoms with Gasteiger partial charge in [-0.2, -0.15) is 5.10 Å². The summed E-state index contributed by atoms with van der Waals surface area (Å²) in [5.41, 5.74) is 10.5. The van der Waals surface area contributed by atoms with Crippen LogP contribution in [0.3, 0.4) is 0 Å². The van der Waals surface area contributed by atoms with Gasteiger partial charge in [-0.25, -0.2) is 0 Å². The van der Waals surface area contributed by atoms with E-state index in [0.29, 0.717) is 17.4 Å². The van der Waals surface area contributed by atoms with Gasteiger partial charge in [-0.05, 0) is 50.0 Å². The number of nitrogens with two attached hydrogens (primary N) is 1. The molecule has 3 heteroatoms. The molecule has 1 aromatic rings. The second-order valence-electron chi connectivity index (χ2n) is 5.54. The highest BCUT2D eigenvalue weighted by atomic mass is 15.3. The van der Waals surface area contributed by atoms with Gasteiger partial charge in [-0.1, -0.05) is 13.8 Å². The molecule has 1 saturated carbocycles. The van der Waals surface area contributed by atoms with Crippen LogP contribution >= 0.6 is 0 Å². The van der Waals surface area contributed by atoms with E-state index in [2.05, 4.69) is 32.8 Å². The molecule has 3 nitrogen and oxygen atoms in total. The van der Waals surface area contributed by atoms with E-state index in [4.69, 9.17) is 5.73 Å². The molecular formula is C14H25N3. The minimum absolute atomic E-state index is 0.304. The lowest BCUT2D eigenvalue weighted by Gasteiger charge is -2.55. The largest absolute Gasteiger partial charge is 0.327 e. The molecule has 1 heterocycles. The fourth-order valence-electron chi connectivity index (χ4n) is 3.79. The summed E-state index contributed by atoms with van der Waals surface area (Å²) < 4.78 is 2.00. The molecule has 2 atom stereocenters. The zero-order valence-corrected chi connectivity index (χ0v) is 11.7. The van der Waals surface area contributed by atoms with Gasteiger partial charge in [0.2, 0.25) is 0 Å². The Hall–Kier alpha value is -0.830. The van der Waals surface area contributed by atoms with E-state index in [1.54, 1.807) is 0 Å². The van der Waals surface area contributed by atoms with Crippen molar-refractivity contribution in [3.63, 3.8) is 0 Å². The first-order valence-electron chi connectivity index (χ1n) is 6.73. The molecule has 0 bridgehead atoms. The fraction of sp³-hybridized carbons (Fsp3) is 0.786. The molecule has 96 valence electrons. The van der Waals surface area contributed by atoms with Crippen LogP contribution in [-0.4, -0.2) is 15.8 Å². The lowest BCUT2D eigenvalue weighted by molar-refractivity contribution is 0.0430. The van der Waals surface area contributed by atoms with Crippen LogP contribution in [0.2, 0.25) is 0 Å². The monoisotopic (exact) mass is 235 g/mol. The lowest BCUT2D eigenvalue weighted by atomic mass is 9.52. The molecule has 2 rings (SSSR count). The third-order valence-electron chi connectivity index (χ3n) is 5.15. The third-order valence-corrected chi connectivity index (χ3v) is 5.15. The van der Waals surface area contributed by atoms with Crippen molar-refractivity contribution in [2.45, 2.75) is 58.9 Å². The molecule has 2 unspecified atom stereocenters. The van der Waals surface area contributed by atoms with Crippen LogP contribution in [0.5, 0.6) is 0 Å². The van der Waals surface area contributed by atoms with Crippen molar-refractivity contribution in [3.8, 4) is 0 Å². The van der Waals surface area contributed by atoms with Crippen molar-refractivity contribution in [2.24, 2.45) is 18.2 Å². The first-order chi connectivity index (χ1) is 7.97. The summed E-state index contributed by atoms with van der Waals surface area (Å²) in [6.45, 7) is 8.85. The van der Waals surface area contributed by atoms with Gasteiger partial charge < -0.3 is 5.73 Å². The van der Waals surface area contributed by atoms with E-state index in [0.717, 1.165) is 6.42 Å². The Morgan fingerprint density at radius 3 is 2.29 bits per heavy atom. The maximum Gasteiger partial charge on any atom is 0.0631 e. The summed E-state index contributed by atoms with van der Waals surface area (Å²) in [5.74, 6) is 0.612. The maximum absolute atomic E-state index is 6.29. The van der Waals surface area contributed by atoms with Gasteiger partial charge in [0.25, 0.3) is 0 Å². The molecule has 0 aliphatic heterocycles. The minimum atomic E-state index is 0.304. The summed E-state index contributed by atoms with van der Waals surface area (Å²) in [6.07, 6.45) is 3.46. The number of aromatic nitrogens is 2. The zero-order chi connectivity index (χ0) is 12.8. The van der Waals surface area contributed by atoms with Gasteiger partial charge in [0.15, 0.2) is 0 Å². The number of rotatable bonds is 3. The van der Waals surface area contributed by atoms with Crippen LogP contribution in [0.4, 0.5) is 0 Å². The SMILES string of the molecule is CCC1(CC)C(N)CC1c1c(C)nn(C)c1C. The zero-order valence-electron chi connectivity index (χ0n) is 11.7. The first-order valence-corrected chi connectivity index (χ1v) is 6.73. The van der Waals surface area contributed by atoms with Crippen molar-refractivity contribution in [2.75, 3.05) is 0 Å². The van der Waals surface area contributed by atoms with Crippen LogP contribution in [0.15, 0.2) is 0 Å². The molecule has 1 aromatic heterocycles.